The SMILES string of the molecule is O=C(O)Nc1nc(COCCOc2ccccc2)cs1. The lowest BCUT2D eigenvalue weighted by atomic mass is 10.3. The Bertz CT molecular complexity index is 544. The van der Waals surface area contributed by atoms with Gasteiger partial charge in [0.15, 0.2) is 5.13 Å². The zero-order valence-electron chi connectivity index (χ0n) is 10.6. The molecule has 6 nitrogen and oxygen atoms in total. The second-order valence-electron chi connectivity index (χ2n) is 3.79. The second kappa shape index (κ2) is 7.46. The Kier molecular flexibility index (Phi) is 5.33. The van der Waals surface area contributed by atoms with Gasteiger partial charge in [0, 0.05) is 5.38 Å². The van der Waals surface area contributed by atoms with Crippen molar-refractivity contribution < 1.29 is 19.4 Å². The first-order chi connectivity index (χ1) is 9.74. The quantitative estimate of drug-likeness (QED) is 0.767. The fourth-order valence-electron chi connectivity index (χ4n) is 1.43. The molecule has 20 heavy (non-hydrogen) atoms. The summed E-state index contributed by atoms with van der Waals surface area (Å²) in [5.74, 6) is 0.803. The Hall–Kier alpha value is -2.12. The van der Waals surface area contributed by atoms with Crippen molar-refractivity contribution in [3.05, 3.63) is 41.4 Å². The Balaban J connectivity index is 1.63. The van der Waals surface area contributed by atoms with Crippen molar-refractivity contribution in [3.63, 3.8) is 0 Å². The van der Waals surface area contributed by atoms with Crippen molar-refractivity contribution in [2.24, 2.45) is 0 Å². The van der Waals surface area contributed by atoms with Crippen molar-refractivity contribution >= 4 is 22.6 Å². The Morgan fingerprint density at radius 2 is 2.10 bits per heavy atom. The largest absolute Gasteiger partial charge is 0.491 e. The Morgan fingerprint density at radius 1 is 1.30 bits per heavy atom. The maximum absolute atomic E-state index is 10.4. The van der Waals surface area contributed by atoms with Crippen LogP contribution in [0, 0.1) is 0 Å². The molecule has 0 fully saturated rings. The highest BCUT2D eigenvalue weighted by molar-refractivity contribution is 7.13. The van der Waals surface area contributed by atoms with Crippen LogP contribution in [-0.4, -0.2) is 29.4 Å². The summed E-state index contributed by atoms with van der Waals surface area (Å²) in [4.78, 5) is 14.5. The molecule has 0 unspecified atom stereocenters. The van der Waals surface area contributed by atoms with Crippen molar-refractivity contribution in [3.8, 4) is 5.75 Å². The molecule has 0 saturated heterocycles. The molecular formula is C13H14N2O4S. The predicted molar refractivity (Wildman–Crippen MR) is 75.4 cm³/mol. The topological polar surface area (TPSA) is 80.7 Å². The molecule has 1 heterocycles. The van der Waals surface area contributed by atoms with Gasteiger partial charge in [-0.15, -0.1) is 11.3 Å². The number of hydrogen-bond donors (Lipinski definition) is 2. The van der Waals surface area contributed by atoms with Gasteiger partial charge in [-0.3, -0.25) is 5.32 Å². The summed E-state index contributed by atoms with van der Waals surface area (Å²) in [7, 11) is 0. The molecule has 0 aliphatic rings. The van der Waals surface area contributed by atoms with Crippen LogP contribution in [0.2, 0.25) is 0 Å². The summed E-state index contributed by atoms with van der Waals surface area (Å²) >= 11 is 1.22. The van der Waals surface area contributed by atoms with Crippen molar-refractivity contribution in [1.82, 2.24) is 4.98 Å². The number of amides is 1. The molecule has 106 valence electrons. The van der Waals surface area contributed by atoms with E-state index in [1.807, 2.05) is 30.3 Å². The van der Waals surface area contributed by atoms with Crippen LogP contribution in [0.1, 0.15) is 5.69 Å². The van der Waals surface area contributed by atoms with E-state index in [0.717, 1.165) is 5.75 Å². The van der Waals surface area contributed by atoms with E-state index in [2.05, 4.69) is 10.3 Å². The highest BCUT2D eigenvalue weighted by Gasteiger charge is 2.04. The van der Waals surface area contributed by atoms with E-state index in [1.165, 1.54) is 11.3 Å². The van der Waals surface area contributed by atoms with Gasteiger partial charge in [0.2, 0.25) is 0 Å². The first-order valence-corrected chi connectivity index (χ1v) is 6.82. The summed E-state index contributed by atoms with van der Waals surface area (Å²) in [6.45, 7) is 1.22. The van der Waals surface area contributed by atoms with Gasteiger partial charge in [0.25, 0.3) is 0 Å². The number of thiazole rings is 1. The normalized spacial score (nSPS) is 10.2. The number of carbonyl (C=O) groups is 1. The van der Waals surface area contributed by atoms with Gasteiger partial charge in [-0.25, -0.2) is 9.78 Å². The van der Waals surface area contributed by atoms with E-state index in [1.54, 1.807) is 5.38 Å². The number of benzene rings is 1. The zero-order chi connectivity index (χ0) is 14.2. The molecule has 0 saturated carbocycles. The summed E-state index contributed by atoms with van der Waals surface area (Å²) in [6, 6.07) is 9.49. The van der Waals surface area contributed by atoms with Gasteiger partial charge >= 0.3 is 6.09 Å². The van der Waals surface area contributed by atoms with Crippen LogP contribution < -0.4 is 10.1 Å². The summed E-state index contributed by atoms with van der Waals surface area (Å²) < 4.78 is 10.9. The van der Waals surface area contributed by atoms with Gasteiger partial charge in [-0.2, -0.15) is 0 Å². The number of anilines is 1. The number of para-hydroxylation sites is 1. The van der Waals surface area contributed by atoms with Gasteiger partial charge < -0.3 is 14.6 Å². The average Bonchev–Trinajstić information content (AvgIpc) is 2.86. The molecule has 1 amide bonds. The van der Waals surface area contributed by atoms with Gasteiger partial charge in [0.05, 0.1) is 18.9 Å². The van der Waals surface area contributed by atoms with Crippen molar-refractivity contribution in [2.75, 3.05) is 18.5 Å². The minimum atomic E-state index is -1.12. The number of nitrogens with one attached hydrogen (secondary N) is 1. The zero-order valence-corrected chi connectivity index (χ0v) is 11.4. The molecule has 0 bridgehead atoms. The molecule has 1 aromatic heterocycles. The van der Waals surface area contributed by atoms with Crippen LogP contribution in [-0.2, 0) is 11.3 Å². The fourth-order valence-corrected chi connectivity index (χ4v) is 2.12. The molecule has 0 spiro atoms. The Labute approximate surface area is 120 Å². The van der Waals surface area contributed by atoms with Gasteiger partial charge in [0.1, 0.15) is 12.4 Å². The number of aromatic nitrogens is 1. The smallest absolute Gasteiger partial charge is 0.410 e. The van der Waals surface area contributed by atoms with E-state index in [4.69, 9.17) is 14.6 Å². The highest BCUT2D eigenvalue weighted by atomic mass is 32.1. The minimum absolute atomic E-state index is 0.329. The molecule has 2 rings (SSSR count). The third-order valence-electron chi connectivity index (χ3n) is 2.26. The van der Waals surface area contributed by atoms with Gasteiger partial charge in [-0.05, 0) is 12.1 Å². The van der Waals surface area contributed by atoms with Crippen molar-refractivity contribution in [1.29, 1.82) is 0 Å². The number of nitrogens with zero attached hydrogens (tertiary/aromatic N) is 1. The minimum Gasteiger partial charge on any atom is -0.491 e. The van der Waals surface area contributed by atoms with Crippen molar-refractivity contribution in [2.45, 2.75) is 6.61 Å². The molecule has 0 radical (unpaired) electrons. The first-order valence-electron chi connectivity index (χ1n) is 5.94. The van der Waals surface area contributed by atoms with E-state index in [0.29, 0.717) is 30.6 Å². The highest BCUT2D eigenvalue weighted by Crippen LogP contribution is 2.15. The monoisotopic (exact) mass is 294 g/mol. The van der Waals surface area contributed by atoms with Gasteiger partial charge in [-0.1, -0.05) is 18.2 Å². The van der Waals surface area contributed by atoms with Crippen LogP contribution in [0.15, 0.2) is 35.7 Å². The van der Waals surface area contributed by atoms with Crippen LogP contribution in [0.3, 0.4) is 0 Å². The summed E-state index contributed by atoms with van der Waals surface area (Å²) in [5, 5.41) is 12.8. The third-order valence-corrected chi connectivity index (χ3v) is 3.06. The van der Waals surface area contributed by atoms with E-state index >= 15 is 0 Å². The number of ether oxygens (including phenoxy) is 2. The molecule has 2 N–H and O–H groups in total. The van der Waals surface area contributed by atoms with E-state index < -0.39 is 6.09 Å². The lowest BCUT2D eigenvalue weighted by molar-refractivity contribution is 0.0873. The van der Waals surface area contributed by atoms with Crippen LogP contribution in [0.25, 0.3) is 0 Å². The molecule has 0 atom stereocenters. The molecule has 7 heteroatoms. The third kappa shape index (κ3) is 4.87. The van der Waals surface area contributed by atoms with E-state index in [-0.39, 0.29) is 0 Å². The fraction of sp³-hybridized carbons (Fsp3) is 0.231. The summed E-state index contributed by atoms with van der Waals surface area (Å²) in [6.07, 6.45) is -1.12. The van der Waals surface area contributed by atoms with Crippen LogP contribution >= 0.6 is 11.3 Å². The molecule has 0 aliphatic heterocycles. The number of carboxylic acid groups (broad SMARTS) is 1. The van der Waals surface area contributed by atoms with Crippen LogP contribution in [0.5, 0.6) is 5.75 Å². The first kappa shape index (κ1) is 14.3. The average molecular weight is 294 g/mol. The lowest BCUT2D eigenvalue weighted by Crippen LogP contribution is -2.08. The molecular weight excluding hydrogens is 280 g/mol. The number of rotatable bonds is 7. The maximum atomic E-state index is 10.4. The maximum Gasteiger partial charge on any atom is 0.410 e. The second-order valence-corrected chi connectivity index (χ2v) is 4.65. The Morgan fingerprint density at radius 3 is 2.85 bits per heavy atom. The lowest BCUT2D eigenvalue weighted by Gasteiger charge is -2.05. The molecule has 0 aliphatic carbocycles. The predicted octanol–water partition coefficient (Wildman–Crippen LogP) is 2.83. The standard InChI is InChI=1S/C13H14N2O4S/c16-13(17)15-12-14-10(9-20-12)8-18-6-7-19-11-4-2-1-3-5-11/h1-5,9H,6-8H2,(H,14,15)(H,16,17). The summed E-state index contributed by atoms with van der Waals surface area (Å²) in [5.41, 5.74) is 0.693. The molecule has 2 aromatic rings. The van der Waals surface area contributed by atoms with E-state index in [9.17, 15) is 4.79 Å². The molecule has 1 aromatic carbocycles. The van der Waals surface area contributed by atoms with Crippen LogP contribution in [0.4, 0.5) is 9.93 Å². The number of hydrogen-bond acceptors (Lipinski definition) is 5.